The van der Waals surface area contributed by atoms with Crippen molar-refractivity contribution in [3.8, 4) is 12.1 Å². The van der Waals surface area contributed by atoms with E-state index in [0.717, 1.165) is 11.8 Å². The van der Waals surface area contributed by atoms with E-state index in [0.29, 0.717) is 11.3 Å². The number of nitrogens with two attached hydrogens (primary N) is 1. The Morgan fingerprint density at radius 2 is 1.74 bits per heavy atom. The number of carbonyl (C=O) groups excluding carboxylic acids is 1. The second kappa shape index (κ2) is 10.8. The molecule has 0 fully saturated rings. The number of nitrogens with zero attached hydrogens (tertiary/aromatic N) is 3. The van der Waals surface area contributed by atoms with Crippen molar-refractivity contribution in [1.29, 1.82) is 10.5 Å². The monoisotopic (exact) mass is 492 g/mol. The number of nitrogens with one attached hydrogen (secondary N) is 2. The van der Waals surface area contributed by atoms with Crippen LogP contribution in [0, 0.1) is 22.7 Å². The van der Waals surface area contributed by atoms with Crippen molar-refractivity contribution in [2.24, 2.45) is 0 Å². The molecule has 0 saturated heterocycles. The number of rotatable bonds is 8. The highest BCUT2D eigenvalue weighted by Gasteiger charge is 2.25. The SMILES string of the molecule is CCNS(=O)(=O)c1ccc(NC(=O)C(Sc2nc(N)c(C#N)cc2C#N)c2ccccc2)cc1. The fourth-order valence-corrected chi connectivity index (χ4v) is 5.09. The lowest BCUT2D eigenvalue weighted by molar-refractivity contribution is -0.115. The third-order valence-corrected chi connectivity index (χ3v) is 7.41. The molecule has 0 aliphatic carbocycles. The van der Waals surface area contributed by atoms with Crippen LogP contribution in [0.4, 0.5) is 11.5 Å². The number of nitriles is 2. The molecular weight excluding hydrogens is 472 g/mol. The van der Waals surface area contributed by atoms with Crippen LogP contribution < -0.4 is 15.8 Å². The summed E-state index contributed by atoms with van der Waals surface area (Å²) in [6.45, 7) is 1.94. The van der Waals surface area contributed by atoms with Crippen LogP contribution in [0.3, 0.4) is 0 Å². The van der Waals surface area contributed by atoms with Gasteiger partial charge in [0, 0.05) is 12.2 Å². The van der Waals surface area contributed by atoms with Gasteiger partial charge in [0.15, 0.2) is 0 Å². The molecule has 0 spiro atoms. The highest BCUT2D eigenvalue weighted by atomic mass is 32.2. The van der Waals surface area contributed by atoms with Crippen molar-refractivity contribution in [2.75, 3.05) is 17.6 Å². The molecule has 3 aromatic rings. The van der Waals surface area contributed by atoms with E-state index < -0.39 is 21.2 Å². The number of amides is 1. The maximum Gasteiger partial charge on any atom is 0.242 e. The Kier molecular flexibility index (Phi) is 7.87. The molecule has 4 N–H and O–H groups in total. The molecule has 0 aliphatic heterocycles. The summed E-state index contributed by atoms with van der Waals surface area (Å²) in [6.07, 6.45) is 0. The van der Waals surface area contributed by atoms with Crippen LogP contribution in [0.25, 0.3) is 0 Å². The fraction of sp³-hybridized carbons (Fsp3) is 0.130. The Balaban J connectivity index is 1.91. The van der Waals surface area contributed by atoms with Crippen LogP contribution in [-0.4, -0.2) is 25.9 Å². The summed E-state index contributed by atoms with van der Waals surface area (Å²) in [5, 5.41) is 20.8. The summed E-state index contributed by atoms with van der Waals surface area (Å²) in [5.41, 5.74) is 7.09. The lowest BCUT2D eigenvalue weighted by Gasteiger charge is -2.18. The van der Waals surface area contributed by atoms with Gasteiger partial charge in [-0.05, 0) is 35.9 Å². The molecule has 0 radical (unpaired) electrons. The maximum absolute atomic E-state index is 13.3. The van der Waals surface area contributed by atoms with Gasteiger partial charge in [0.1, 0.15) is 28.2 Å². The van der Waals surface area contributed by atoms with Crippen molar-refractivity contribution in [1.82, 2.24) is 9.71 Å². The molecule has 172 valence electrons. The third-order valence-electron chi connectivity index (χ3n) is 4.59. The van der Waals surface area contributed by atoms with E-state index in [-0.39, 0.29) is 33.4 Å². The van der Waals surface area contributed by atoms with Crippen molar-refractivity contribution in [2.45, 2.75) is 22.1 Å². The van der Waals surface area contributed by atoms with Gasteiger partial charge in [-0.1, -0.05) is 49.0 Å². The molecule has 0 bridgehead atoms. The number of hydrogen-bond donors (Lipinski definition) is 3. The quantitative estimate of drug-likeness (QED) is 0.404. The normalized spacial score (nSPS) is 11.7. The first-order chi connectivity index (χ1) is 16.3. The number of hydrogen-bond acceptors (Lipinski definition) is 8. The van der Waals surface area contributed by atoms with Gasteiger partial charge in [0.25, 0.3) is 0 Å². The minimum Gasteiger partial charge on any atom is -0.383 e. The second-order valence-corrected chi connectivity index (χ2v) is 9.78. The second-order valence-electron chi connectivity index (χ2n) is 6.92. The smallest absolute Gasteiger partial charge is 0.242 e. The Labute approximate surface area is 201 Å². The van der Waals surface area contributed by atoms with E-state index in [9.17, 15) is 18.5 Å². The molecule has 1 atom stereocenters. The predicted octanol–water partition coefficient (Wildman–Crippen LogP) is 3.18. The Morgan fingerprint density at radius 1 is 1.09 bits per heavy atom. The van der Waals surface area contributed by atoms with Crippen molar-refractivity contribution in [3.05, 3.63) is 77.4 Å². The summed E-state index contributed by atoms with van der Waals surface area (Å²) >= 11 is 1.03. The number of anilines is 2. The topological polar surface area (TPSA) is 162 Å². The van der Waals surface area contributed by atoms with Crippen molar-refractivity contribution in [3.63, 3.8) is 0 Å². The third kappa shape index (κ3) is 5.71. The van der Waals surface area contributed by atoms with Gasteiger partial charge >= 0.3 is 0 Å². The van der Waals surface area contributed by atoms with Gasteiger partial charge in [0.2, 0.25) is 15.9 Å². The summed E-state index contributed by atoms with van der Waals surface area (Å²) in [7, 11) is -3.61. The minimum atomic E-state index is -3.61. The van der Waals surface area contributed by atoms with Crippen LogP contribution in [-0.2, 0) is 14.8 Å². The standard InChI is InChI=1S/C23H20N6O3S2/c1-2-27-34(31,32)19-10-8-18(9-11-19)28-22(30)20(15-6-4-3-5-7-15)33-23-17(14-25)12-16(13-24)21(26)29-23/h3-12,20,27H,2H2,1H3,(H2,26,29)(H,28,30). The zero-order chi connectivity index (χ0) is 24.7. The fourth-order valence-electron chi connectivity index (χ4n) is 2.98. The zero-order valence-electron chi connectivity index (χ0n) is 18.0. The van der Waals surface area contributed by atoms with Gasteiger partial charge < -0.3 is 11.1 Å². The van der Waals surface area contributed by atoms with Crippen LogP contribution in [0.5, 0.6) is 0 Å². The molecule has 1 aromatic heterocycles. The van der Waals surface area contributed by atoms with E-state index in [1.165, 1.54) is 30.3 Å². The van der Waals surface area contributed by atoms with E-state index in [1.807, 2.05) is 18.2 Å². The van der Waals surface area contributed by atoms with Gasteiger partial charge in [-0.3, -0.25) is 4.79 Å². The van der Waals surface area contributed by atoms with Gasteiger partial charge in [-0.2, -0.15) is 10.5 Å². The molecule has 9 nitrogen and oxygen atoms in total. The highest BCUT2D eigenvalue weighted by molar-refractivity contribution is 8.00. The van der Waals surface area contributed by atoms with Gasteiger partial charge in [-0.15, -0.1) is 0 Å². The van der Waals surface area contributed by atoms with Crippen molar-refractivity contribution < 1.29 is 13.2 Å². The average Bonchev–Trinajstić information content (AvgIpc) is 2.83. The molecule has 0 saturated carbocycles. The molecule has 3 rings (SSSR count). The number of pyridine rings is 1. The molecule has 2 aromatic carbocycles. The van der Waals surface area contributed by atoms with E-state index in [1.54, 1.807) is 31.2 Å². The lowest BCUT2D eigenvalue weighted by Crippen LogP contribution is -2.23. The first-order valence-corrected chi connectivity index (χ1v) is 12.4. The molecule has 1 heterocycles. The first kappa shape index (κ1) is 24.7. The van der Waals surface area contributed by atoms with Gasteiger partial charge in [0.05, 0.1) is 16.0 Å². The summed E-state index contributed by atoms with van der Waals surface area (Å²) < 4.78 is 26.7. The summed E-state index contributed by atoms with van der Waals surface area (Å²) in [5.74, 6) is -0.444. The molecule has 11 heteroatoms. The number of carbonyl (C=O) groups is 1. The van der Waals surface area contributed by atoms with Crippen molar-refractivity contribution >= 4 is 39.2 Å². The first-order valence-electron chi connectivity index (χ1n) is 10.0. The number of thioether (sulfide) groups is 1. The number of aromatic nitrogens is 1. The Morgan fingerprint density at radius 3 is 2.32 bits per heavy atom. The van der Waals surface area contributed by atoms with Crippen LogP contribution in [0.15, 0.2) is 70.6 Å². The molecular formula is C23H20N6O3S2. The van der Waals surface area contributed by atoms with E-state index in [2.05, 4.69) is 15.0 Å². The number of benzene rings is 2. The molecule has 0 aliphatic rings. The maximum atomic E-state index is 13.3. The molecule has 1 amide bonds. The highest BCUT2D eigenvalue weighted by Crippen LogP contribution is 2.37. The molecule has 34 heavy (non-hydrogen) atoms. The van der Waals surface area contributed by atoms with E-state index >= 15 is 0 Å². The Hall–Kier alpha value is -3.90. The zero-order valence-corrected chi connectivity index (χ0v) is 19.7. The number of sulfonamides is 1. The lowest BCUT2D eigenvalue weighted by atomic mass is 10.1. The summed E-state index contributed by atoms with van der Waals surface area (Å²) in [6, 6.07) is 19.9. The van der Waals surface area contributed by atoms with E-state index in [4.69, 9.17) is 11.0 Å². The average molecular weight is 493 g/mol. The van der Waals surface area contributed by atoms with Gasteiger partial charge in [-0.25, -0.2) is 18.1 Å². The Bertz CT molecular complexity index is 1380. The summed E-state index contributed by atoms with van der Waals surface area (Å²) in [4.78, 5) is 17.5. The predicted molar refractivity (Wildman–Crippen MR) is 129 cm³/mol. The largest absolute Gasteiger partial charge is 0.383 e. The minimum absolute atomic E-state index is 0.0336. The van der Waals surface area contributed by atoms with Crippen LogP contribution in [0.1, 0.15) is 28.9 Å². The van der Waals surface area contributed by atoms with Crippen LogP contribution in [0.2, 0.25) is 0 Å². The molecule has 1 unspecified atom stereocenters. The number of nitrogen functional groups attached to an aromatic ring is 1. The van der Waals surface area contributed by atoms with Crippen LogP contribution >= 0.6 is 11.8 Å².